The van der Waals surface area contributed by atoms with Crippen LogP contribution < -0.4 is 5.32 Å². The fourth-order valence-corrected chi connectivity index (χ4v) is 2.89. The number of pyridine rings is 1. The molecule has 0 saturated heterocycles. The number of amides is 2. The van der Waals surface area contributed by atoms with Crippen molar-refractivity contribution in [2.24, 2.45) is 0 Å². The molecule has 3 rings (SSSR count). The van der Waals surface area contributed by atoms with Gasteiger partial charge in [-0.3, -0.25) is 14.6 Å². The van der Waals surface area contributed by atoms with Crippen LogP contribution >= 0.6 is 11.6 Å². The smallest absolute Gasteiger partial charge is 0.269 e. The zero-order valence-corrected chi connectivity index (χ0v) is 13.9. The quantitative estimate of drug-likeness (QED) is 0.849. The second kappa shape index (κ2) is 7.45. The van der Waals surface area contributed by atoms with E-state index in [1.165, 1.54) is 23.4 Å². The summed E-state index contributed by atoms with van der Waals surface area (Å²) in [5, 5.41) is 3.23. The van der Waals surface area contributed by atoms with Crippen LogP contribution in [-0.2, 0) is 17.9 Å². The van der Waals surface area contributed by atoms with Crippen LogP contribution in [0.2, 0.25) is 5.02 Å². The molecular weight excluding hydrogens is 326 g/mol. The molecule has 0 fully saturated rings. The fraction of sp³-hybridized carbons (Fsp3) is 0.278. The molecule has 1 aliphatic heterocycles. The Bertz CT molecular complexity index is 738. The fourth-order valence-electron chi connectivity index (χ4n) is 2.73. The van der Waals surface area contributed by atoms with Gasteiger partial charge in [-0.2, -0.15) is 0 Å². The van der Waals surface area contributed by atoms with E-state index in [9.17, 15) is 9.59 Å². The van der Waals surface area contributed by atoms with Crippen LogP contribution in [0.25, 0.3) is 0 Å². The summed E-state index contributed by atoms with van der Waals surface area (Å²) in [4.78, 5) is 30.0. The van der Waals surface area contributed by atoms with Crippen LogP contribution in [0, 0.1) is 0 Å². The minimum absolute atomic E-state index is 0.112. The van der Waals surface area contributed by atoms with Gasteiger partial charge < -0.3 is 10.2 Å². The molecule has 6 heteroatoms. The van der Waals surface area contributed by atoms with Crippen molar-refractivity contribution < 1.29 is 9.59 Å². The first-order valence-corrected chi connectivity index (χ1v) is 8.25. The number of benzene rings is 1. The first-order chi connectivity index (χ1) is 11.6. The Hall–Kier alpha value is -2.40. The number of nitrogens with zero attached hydrogens (tertiary/aromatic N) is 2. The van der Waals surface area contributed by atoms with Crippen molar-refractivity contribution in [1.82, 2.24) is 15.2 Å². The van der Waals surface area contributed by atoms with Gasteiger partial charge in [-0.05, 0) is 29.7 Å². The number of aromatic nitrogens is 1. The molecule has 124 valence electrons. The molecular formula is C18H18ClN3O2. The molecule has 24 heavy (non-hydrogen) atoms. The van der Waals surface area contributed by atoms with Gasteiger partial charge in [-0.25, -0.2) is 0 Å². The third-order valence-corrected chi connectivity index (χ3v) is 4.24. The summed E-state index contributed by atoms with van der Waals surface area (Å²) in [5.41, 5.74) is 2.71. The summed E-state index contributed by atoms with van der Waals surface area (Å²) in [6.45, 7) is 1.78. The van der Waals surface area contributed by atoms with Gasteiger partial charge in [0.2, 0.25) is 5.91 Å². The van der Waals surface area contributed by atoms with E-state index in [1.54, 1.807) is 6.07 Å². The Kier molecular flexibility index (Phi) is 5.11. The van der Waals surface area contributed by atoms with E-state index in [0.717, 1.165) is 0 Å². The van der Waals surface area contributed by atoms with Gasteiger partial charge in [0.15, 0.2) is 0 Å². The highest BCUT2D eigenvalue weighted by Crippen LogP contribution is 2.22. The Labute approximate surface area is 145 Å². The normalized spacial score (nSPS) is 12.8. The second-order valence-electron chi connectivity index (χ2n) is 5.74. The van der Waals surface area contributed by atoms with Crippen molar-refractivity contribution in [2.75, 3.05) is 6.54 Å². The van der Waals surface area contributed by atoms with Gasteiger partial charge in [0.1, 0.15) is 5.69 Å². The van der Waals surface area contributed by atoms with Crippen molar-refractivity contribution in [3.05, 3.63) is 64.4 Å². The van der Waals surface area contributed by atoms with Crippen LogP contribution in [0.1, 0.15) is 34.5 Å². The molecule has 0 bridgehead atoms. The maximum Gasteiger partial charge on any atom is 0.269 e. The van der Waals surface area contributed by atoms with E-state index < -0.39 is 0 Å². The minimum atomic E-state index is -0.279. The standard InChI is InChI=1S/C18H18ClN3O2/c19-15-7-9-20-16(10-15)18(24)21-8-3-6-17(23)22-11-13-4-1-2-5-14(13)12-22/h1-2,4-5,7,9-10H,3,6,8,11-12H2,(H,21,24). The molecule has 0 unspecified atom stereocenters. The SMILES string of the molecule is O=C(NCCCC(=O)N1Cc2ccccc2C1)c1cc(Cl)ccn1. The number of nitrogens with one attached hydrogen (secondary N) is 1. The maximum atomic E-state index is 12.3. The van der Waals surface area contributed by atoms with Crippen molar-refractivity contribution in [3.63, 3.8) is 0 Å². The van der Waals surface area contributed by atoms with Crippen molar-refractivity contribution >= 4 is 23.4 Å². The van der Waals surface area contributed by atoms with Gasteiger partial charge in [0, 0.05) is 37.3 Å². The molecule has 5 nitrogen and oxygen atoms in total. The zero-order valence-electron chi connectivity index (χ0n) is 13.2. The molecule has 2 heterocycles. The average Bonchev–Trinajstić information content (AvgIpc) is 3.02. The van der Waals surface area contributed by atoms with Crippen LogP contribution in [0.15, 0.2) is 42.6 Å². The molecule has 1 aromatic carbocycles. The van der Waals surface area contributed by atoms with Crippen LogP contribution in [0.3, 0.4) is 0 Å². The van der Waals surface area contributed by atoms with E-state index in [0.29, 0.717) is 37.5 Å². The summed E-state index contributed by atoms with van der Waals surface area (Å²) in [6.07, 6.45) is 2.50. The summed E-state index contributed by atoms with van der Waals surface area (Å²) in [6, 6.07) is 11.2. The van der Waals surface area contributed by atoms with E-state index in [4.69, 9.17) is 11.6 Å². The number of halogens is 1. The number of rotatable bonds is 5. The Balaban J connectivity index is 1.41. The predicted octanol–water partition coefficient (Wildman–Crippen LogP) is 2.79. The van der Waals surface area contributed by atoms with Crippen LogP contribution in [-0.4, -0.2) is 28.2 Å². The molecule has 2 aromatic rings. The van der Waals surface area contributed by atoms with Gasteiger partial charge in [0.25, 0.3) is 5.91 Å². The number of hydrogen-bond acceptors (Lipinski definition) is 3. The highest BCUT2D eigenvalue weighted by atomic mass is 35.5. The van der Waals surface area contributed by atoms with E-state index in [-0.39, 0.29) is 17.5 Å². The largest absolute Gasteiger partial charge is 0.351 e. The Morgan fingerprint density at radius 1 is 1.17 bits per heavy atom. The van der Waals surface area contributed by atoms with E-state index in [1.807, 2.05) is 17.0 Å². The summed E-state index contributed by atoms with van der Waals surface area (Å²) < 4.78 is 0. The summed E-state index contributed by atoms with van der Waals surface area (Å²) in [7, 11) is 0. The Morgan fingerprint density at radius 3 is 2.54 bits per heavy atom. The topological polar surface area (TPSA) is 62.3 Å². The number of hydrogen-bond donors (Lipinski definition) is 1. The molecule has 1 N–H and O–H groups in total. The highest BCUT2D eigenvalue weighted by Gasteiger charge is 2.22. The first-order valence-electron chi connectivity index (χ1n) is 7.88. The lowest BCUT2D eigenvalue weighted by atomic mass is 10.1. The highest BCUT2D eigenvalue weighted by molar-refractivity contribution is 6.30. The van der Waals surface area contributed by atoms with Gasteiger partial charge in [-0.15, -0.1) is 0 Å². The number of carbonyl (C=O) groups is 2. The molecule has 2 amide bonds. The predicted molar refractivity (Wildman–Crippen MR) is 91.5 cm³/mol. The van der Waals surface area contributed by atoms with Crippen molar-refractivity contribution in [3.8, 4) is 0 Å². The minimum Gasteiger partial charge on any atom is -0.351 e. The average molecular weight is 344 g/mol. The molecule has 0 radical (unpaired) electrons. The summed E-state index contributed by atoms with van der Waals surface area (Å²) >= 11 is 5.83. The lowest BCUT2D eigenvalue weighted by molar-refractivity contribution is -0.131. The zero-order chi connectivity index (χ0) is 16.9. The van der Waals surface area contributed by atoms with Crippen LogP contribution in [0.5, 0.6) is 0 Å². The number of carbonyl (C=O) groups excluding carboxylic acids is 2. The Morgan fingerprint density at radius 2 is 1.88 bits per heavy atom. The monoisotopic (exact) mass is 343 g/mol. The van der Waals surface area contributed by atoms with Crippen molar-refractivity contribution in [2.45, 2.75) is 25.9 Å². The molecule has 1 aliphatic rings. The van der Waals surface area contributed by atoms with Gasteiger partial charge in [0.05, 0.1) is 0 Å². The van der Waals surface area contributed by atoms with E-state index >= 15 is 0 Å². The van der Waals surface area contributed by atoms with Gasteiger partial charge in [-0.1, -0.05) is 35.9 Å². The molecule has 0 spiro atoms. The molecule has 0 aliphatic carbocycles. The third-order valence-electron chi connectivity index (χ3n) is 4.00. The first kappa shape index (κ1) is 16.5. The lowest BCUT2D eigenvalue weighted by Gasteiger charge is -2.15. The number of fused-ring (bicyclic) bond motifs is 1. The van der Waals surface area contributed by atoms with Crippen molar-refractivity contribution in [1.29, 1.82) is 0 Å². The summed E-state index contributed by atoms with van der Waals surface area (Å²) in [5.74, 6) is -0.167. The van der Waals surface area contributed by atoms with Gasteiger partial charge >= 0.3 is 0 Å². The molecule has 0 saturated carbocycles. The molecule has 1 aromatic heterocycles. The second-order valence-corrected chi connectivity index (χ2v) is 6.17. The van der Waals surface area contributed by atoms with E-state index in [2.05, 4.69) is 22.4 Å². The lowest BCUT2D eigenvalue weighted by Crippen LogP contribution is -2.28. The molecule has 0 atom stereocenters. The maximum absolute atomic E-state index is 12.3. The third kappa shape index (κ3) is 3.92. The van der Waals surface area contributed by atoms with Crippen LogP contribution in [0.4, 0.5) is 0 Å².